The van der Waals surface area contributed by atoms with Crippen molar-refractivity contribution in [2.24, 2.45) is 5.92 Å². The molecule has 6 heteroatoms. The van der Waals surface area contributed by atoms with Crippen LogP contribution in [0.5, 0.6) is 0 Å². The fourth-order valence-corrected chi connectivity index (χ4v) is 5.55. The summed E-state index contributed by atoms with van der Waals surface area (Å²) in [7, 11) is 0. The second-order valence-corrected chi connectivity index (χ2v) is 8.21. The van der Waals surface area contributed by atoms with Crippen molar-refractivity contribution in [3.8, 4) is 0 Å². The first-order chi connectivity index (χ1) is 13.6. The standard InChI is InChI=1S/C22H23F2N3O/c23-16-9-15(10-17(24)11-16)19-13-27(20(28)12-18-3-1-2-6-25-18)21-14-4-7-26(8-5-14)22(19)21/h1-3,6,9-11,14,19,21-22H,4-5,7-8,12-13H2/t19-,21+,22+/m0/s1. The van der Waals surface area contributed by atoms with Crippen LogP contribution in [-0.4, -0.2) is 52.4 Å². The first kappa shape index (κ1) is 17.7. The Morgan fingerprint density at radius 2 is 1.82 bits per heavy atom. The number of carbonyl (C=O) groups is 1. The van der Waals surface area contributed by atoms with Crippen molar-refractivity contribution in [2.75, 3.05) is 19.6 Å². The predicted molar refractivity (Wildman–Crippen MR) is 101 cm³/mol. The Labute approximate surface area is 163 Å². The van der Waals surface area contributed by atoms with E-state index in [-0.39, 0.29) is 30.3 Å². The van der Waals surface area contributed by atoms with Crippen molar-refractivity contribution in [2.45, 2.75) is 37.3 Å². The van der Waals surface area contributed by atoms with Crippen LogP contribution in [0.3, 0.4) is 0 Å². The summed E-state index contributed by atoms with van der Waals surface area (Å²) in [6, 6.07) is 9.62. The minimum absolute atomic E-state index is 0.0572. The highest BCUT2D eigenvalue weighted by molar-refractivity contribution is 5.79. The Morgan fingerprint density at radius 1 is 1.07 bits per heavy atom. The van der Waals surface area contributed by atoms with Crippen LogP contribution in [0.1, 0.15) is 30.0 Å². The summed E-state index contributed by atoms with van der Waals surface area (Å²) in [5.41, 5.74) is 1.42. The molecule has 2 bridgehead atoms. The molecular weight excluding hydrogens is 360 g/mol. The average Bonchev–Trinajstić information content (AvgIpc) is 3.12. The molecule has 0 spiro atoms. The molecule has 2 aromatic rings. The van der Waals surface area contributed by atoms with Crippen LogP contribution < -0.4 is 0 Å². The van der Waals surface area contributed by atoms with E-state index in [1.54, 1.807) is 6.20 Å². The highest BCUT2D eigenvalue weighted by Gasteiger charge is 2.54. The van der Waals surface area contributed by atoms with E-state index in [4.69, 9.17) is 0 Å². The van der Waals surface area contributed by atoms with Crippen LogP contribution >= 0.6 is 0 Å². The Balaban J connectivity index is 1.47. The topological polar surface area (TPSA) is 36.4 Å². The maximum absolute atomic E-state index is 13.9. The molecule has 146 valence electrons. The Bertz CT molecular complexity index is 862. The third-order valence-corrected chi connectivity index (χ3v) is 6.69. The lowest BCUT2D eigenvalue weighted by molar-refractivity contribution is -0.135. The second-order valence-electron chi connectivity index (χ2n) is 8.21. The maximum atomic E-state index is 13.9. The molecule has 1 aromatic heterocycles. The van der Waals surface area contributed by atoms with Gasteiger partial charge in [0.2, 0.25) is 5.91 Å². The molecule has 0 aliphatic carbocycles. The molecule has 0 saturated carbocycles. The fourth-order valence-electron chi connectivity index (χ4n) is 5.55. The SMILES string of the molecule is O=C(Cc1ccccn1)N1C[C@@H](c2cc(F)cc(F)c2)[C@@H]2[C@H]1C1CCN2CC1. The van der Waals surface area contributed by atoms with Crippen LogP contribution in [0.15, 0.2) is 42.6 Å². The van der Waals surface area contributed by atoms with Gasteiger partial charge in [0, 0.05) is 36.5 Å². The molecule has 0 radical (unpaired) electrons. The number of nitrogens with zero attached hydrogens (tertiary/aromatic N) is 3. The van der Waals surface area contributed by atoms with E-state index >= 15 is 0 Å². The molecule has 4 nitrogen and oxygen atoms in total. The summed E-state index contributed by atoms with van der Waals surface area (Å²) >= 11 is 0. The van der Waals surface area contributed by atoms with Crippen molar-refractivity contribution < 1.29 is 13.6 Å². The largest absolute Gasteiger partial charge is 0.337 e. The van der Waals surface area contributed by atoms with Gasteiger partial charge in [0.1, 0.15) is 11.6 Å². The van der Waals surface area contributed by atoms with Crippen molar-refractivity contribution >= 4 is 5.91 Å². The molecule has 6 rings (SSSR count). The van der Waals surface area contributed by atoms with E-state index in [2.05, 4.69) is 9.88 Å². The normalized spacial score (nSPS) is 31.1. The Morgan fingerprint density at radius 3 is 2.50 bits per heavy atom. The number of carbonyl (C=O) groups excluding carboxylic acids is 1. The summed E-state index contributed by atoms with van der Waals surface area (Å²) < 4.78 is 27.8. The molecule has 3 atom stereocenters. The van der Waals surface area contributed by atoms with Crippen LogP contribution in [0, 0.1) is 17.6 Å². The first-order valence-corrected chi connectivity index (χ1v) is 9.99. The third-order valence-electron chi connectivity index (χ3n) is 6.69. The van der Waals surface area contributed by atoms with Crippen molar-refractivity contribution in [1.29, 1.82) is 0 Å². The molecule has 4 aliphatic rings. The first-order valence-electron chi connectivity index (χ1n) is 9.99. The van der Waals surface area contributed by atoms with Gasteiger partial charge in [0.15, 0.2) is 0 Å². The number of aromatic nitrogens is 1. The number of piperidine rings is 3. The van der Waals surface area contributed by atoms with E-state index in [9.17, 15) is 13.6 Å². The highest BCUT2D eigenvalue weighted by atomic mass is 19.1. The van der Waals surface area contributed by atoms with Crippen LogP contribution in [-0.2, 0) is 11.2 Å². The monoisotopic (exact) mass is 383 g/mol. The molecule has 1 amide bonds. The van der Waals surface area contributed by atoms with Crippen LogP contribution in [0.2, 0.25) is 0 Å². The van der Waals surface area contributed by atoms with Gasteiger partial charge in [-0.05, 0) is 61.7 Å². The van der Waals surface area contributed by atoms with E-state index in [1.165, 1.54) is 12.1 Å². The summed E-state index contributed by atoms with van der Waals surface area (Å²) in [4.78, 5) is 21.9. The van der Waals surface area contributed by atoms with Crippen molar-refractivity contribution in [3.05, 3.63) is 65.5 Å². The Hall–Kier alpha value is -2.34. The summed E-state index contributed by atoms with van der Waals surface area (Å²) in [6.07, 6.45) is 4.13. The lowest BCUT2D eigenvalue weighted by Gasteiger charge is -2.51. The average molecular weight is 383 g/mol. The molecule has 4 aliphatic heterocycles. The number of likely N-dealkylation sites (tertiary alicyclic amines) is 1. The zero-order valence-electron chi connectivity index (χ0n) is 15.6. The minimum Gasteiger partial charge on any atom is -0.337 e. The van der Waals surface area contributed by atoms with Gasteiger partial charge in [-0.25, -0.2) is 8.78 Å². The Kier molecular flexibility index (Phi) is 4.38. The molecular formula is C22H23F2N3O. The number of hydrogen-bond acceptors (Lipinski definition) is 3. The van der Waals surface area contributed by atoms with E-state index < -0.39 is 11.6 Å². The van der Waals surface area contributed by atoms with Gasteiger partial charge < -0.3 is 4.90 Å². The lowest BCUT2D eigenvalue weighted by atomic mass is 9.75. The van der Waals surface area contributed by atoms with Gasteiger partial charge in [-0.15, -0.1) is 0 Å². The van der Waals surface area contributed by atoms with Gasteiger partial charge in [-0.1, -0.05) is 6.07 Å². The number of benzene rings is 1. The van der Waals surface area contributed by atoms with Gasteiger partial charge in [0.05, 0.1) is 12.5 Å². The second kappa shape index (κ2) is 6.92. The summed E-state index contributed by atoms with van der Waals surface area (Å²) in [6.45, 7) is 2.52. The summed E-state index contributed by atoms with van der Waals surface area (Å²) in [5.74, 6) is -0.652. The highest BCUT2D eigenvalue weighted by Crippen LogP contribution is 2.46. The predicted octanol–water partition coefficient (Wildman–Crippen LogP) is 2.99. The quantitative estimate of drug-likeness (QED) is 0.818. The van der Waals surface area contributed by atoms with Gasteiger partial charge in [-0.2, -0.15) is 0 Å². The molecule has 1 aromatic carbocycles. The maximum Gasteiger partial charge on any atom is 0.228 e. The van der Waals surface area contributed by atoms with E-state index in [0.29, 0.717) is 18.0 Å². The van der Waals surface area contributed by atoms with E-state index in [1.807, 2.05) is 23.1 Å². The van der Waals surface area contributed by atoms with Gasteiger partial charge in [0.25, 0.3) is 0 Å². The molecule has 0 unspecified atom stereocenters. The molecule has 28 heavy (non-hydrogen) atoms. The lowest BCUT2D eigenvalue weighted by Crippen LogP contribution is -2.60. The molecule has 5 heterocycles. The smallest absolute Gasteiger partial charge is 0.228 e. The fraction of sp³-hybridized carbons (Fsp3) is 0.455. The van der Waals surface area contributed by atoms with Crippen molar-refractivity contribution in [3.63, 3.8) is 0 Å². The number of pyridine rings is 1. The van der Waals surface area contributed by atoms with Crippen molar-refractivity contribution in [1.82, 2.24) is 14.8 Å². The van der Waals surface area contributed by atoms with Gasteiger partial charge >= 0.3 is 0 Å². The van der Waals surface area contributed by atoms with Crippen LogP contribution in [0.25, 0.3) is 0 Å². The van der Waals surface area contributed by atoms with Crippen LogP contribution in [0.4, 0.5) is 8.78 Å². The number of halogens is 2. The zero-order valence-corrected chi connectivity index (χ0v) is 15.6. The zero-order chi connectivity index (χ0) is 19.3. The molecule has 4 saturated heterocycles. The molecule has 4 fully saturated rings. The summed E-state index contributed by atoms with van der Waals surface area (Å²) in [5, 5.41) is 0. The van der Waals surface area contributed by atoms with Gasteiger partial charge in [-0.3, -0.25) is 14.7 Å². The number of amides is 1. The molecule has 0 N–H and O–H groups in total. The number of hydrogen-bond donors (Lipinski definition) is 0. The van der Waals surface area contributed by atoms with E-state index in [0.717, 1.165) is 37.7 Å². The minimum atomic E-state index is -0.555. The number of rotatable bonds is 3. The number of fused-ring (bicyclic) bond motifs is 2. The third kappa shape index (κ3) is 3.00.